The van der Waals surface area contributed by atoms with Crippen LogP contribution in [-0.2, 0) is 0 Å². The minimum atomic E-state index is -0.0308. The van der Waals surface area contributed by atoms with Crippen molar-refractivity contribution in [3.05, 3.63) is 48.5 Å². The summed E-state index contributed by atoms with van der Waals surface area (Å²) in [6.07, 6.45) is -0.0455. The number of para-hydroxylation sites is 4. The van der Waals surface area contributed by atoms with E-state index < -0.39 is 0 Å². The van der Waals surface area contributed by atoms with Gasteiger partial charge < -0.3 is 24.3 Å². The van der Waals surface area contributed by atoms with E-state index in [9.17, 15) is 0 Å². The highest BCUT2D eigenvalue weighted by Gasteiger charge is 2.27. The molecule has 0 bridgehead atoms. The van der Waals surface area contributed by atoms with Gasteiger partial charge in [-0.1, -0.05) is 24.3 Å². The summed E-state index contributed by atoms with van der Waals surface area (Å²) in [4.78, 5) is 0. The van der Waals surface area contributed by atoms with Crippen molar-refractivity contribution in [3.63, 3.8) is 0 Å². The number of fused-ring (bicyclic) bond motifs is 2. The van der Waals surface area contributed by atoms with Crippen LogP contribution in [0, 0.1) is 0 Å². The Bertz CT molecular complexity index is 705. The van der Waals surface area contributed by atoms with Crippen LogP contribution in [0.3, 0.4) is 0 Å². The fourth-order valence-electron chi connectivity index (χ4n) is 2.89. The lowest BCUT2D eigenvalue weighted by atomic mass is 10.1. The van der Waals surface area contributed by atoms with Crippen LogP contribution >= 0.6 is 0 Å². The number of benzene rings is 2. The topological polar surface area (TPSA) is 49.0 Å². The van der Waals surface area contributed by atoms with E-state index in [-0.39, 0.29) is 18.2 Å². The van der Waals surface area contributed by atoms with Gasteiger partial charge in [-0.2, -0.15) is 0 Å². The summed E-state index contributed by atoms with van der Waals surface area (Å²) in [5.41, 5.74) is 0. The SMILES string of the molecule is C[C@@H](NC[C@H]1COc2ccccc2O1)[C@@H]1COc2ccccc2O1. The molecule has 3 atom stereocenters. The van der Waals surface area contributed by atoms with Gasteiger partial charge in [0.25, 0.3) is 0 Å². The summed E-state index contributed by atoms with van der Waals surface area (Å²) in [6.45, 7) is 3.87. The second-order valence-electron chi connectivity index (χ2n) is 6.11. The molecule has 0 saturated carbocycles. The average Bonchev–Trinajstić information content (AvgIpc) is 2.65. The number of hydrogen-bond donors (Lipinski definition) is 1. The zero-order valence-corrected chi connectivity index (χ0v) is 13.6. The van der Waals surface area contributed by atoms with Crippen LogP contribution in [0.4, 0.5) is 0 Å². The van der Waals surface area contributed by atoms with Crippen molar-refractivity contribution in [2.45, 2.75) is 25.2 Å². The molecule has 2 aliphatic heterocycles. The van der Waals surface area contributed by atoms with Gasteiger partial charge in [-0.25, -0.2) is 0 Å². The van der Waals surface area contributed by atoms with Gasteiger partial charge in [-0.3, -0.25) is 0 Å². The maximum atomic E-state index is 6.03. The Kier molecular flexibility index (Phi) is 4.17. The van der Waals surface area contributed by atoms with Crippen molar-refractivity contribution in [1.29, 1.82) is 0 Å². The third-order valence-corrected chi connectivity index (χ3v) is 4.32. The molecule has 0 radical (unpaired) electrons. The minimum Gasteiger partial charge on any atom is -0.486 e. The number of hydrogen-bond acceptors (Lipinski definition) is 5. The van der Waals surface area contributed by atoms with E-state index in [0.29, 0.717) is 19.8 Å². The van der Waals surface area contributed by atoms with Gasteiger partial charge in [0, 0.05) is 12.6 Å². The van der Waals surface area contributed by atoms with E-state index in [1.807, 2.05) is 48.5 Å². The Hall–Kier alpha value is -2.40. The highest BCUT2D eigenvalue weighted by atomic mass is 16.6. The Morgan fingerprint density at radius 1 is 0.875 bits per heavy atom. The van der Waals surface area contributed by atoms with Crippen LogP contribution < -0.4 is 24.3 Å². The van der Waals surface area contributed by atoms with Crippen LogP contribution in [-0.4, -0.2) is 38.0 Å². The largest absolute Gasteiger partial charge is 0.486 e. The molecule has 0 fully saturated rings. The molecule has 2 heterocycles. The molecular formula is C19H21NO4. The first-order chi connectivity index (χ1) is 11.8. The average molecular weight is 327 g/mol. The lowest BCUT2D eigenvalue weighted by Crippen LogP contribution is -2.50. The van der Waals surface area contributed by atoms with Crippen molar-refractivity contribution in [3.8, 4) is 23.0 Å². The predicted molar refractivity (Wildman–Crippen MR) is 90.2 cm³/mol. The lowest BCUT2D eigenvalue weighted by Gasteiger charge is -2.32. The van der Waals surface area contributed by atoms with E-state index in [4.69, 9.17) is 18.9 Å². The molecule has 0 spiro atoms. The zero-order chi connectivity index (χ0) is 16.4. The molecule has 5 nitrogen and oxygen atoms in total. The van der Waals surface area contributed by atoms with Gasteiger partial charge in [0.1, 0.15) is 25.4 Å². The third kappa shape index (κ3) is 3.12. The predicted octanol–water partition coefficient (Wildman–Crippen LogP) is 2.64. The van der Waals surface area contributed by atoms with Gasteiger partial charge in [0.05, 0.1) is 0 Å². The summed E-state index contributed by atoms with van der Waals surface area (Å²) >= 11 is 0. The molecule has 0 unspecified atom stereocenters. The molecule has 24 heavy (non-hydrogen) atoms. The van der Waals surface area contributed by atoms with Gasteiger partial charge in [-0.15, -0.1) is 0 Å². The third-order valence-electron chi connectivity index (χ3n) is 4.32. The normalized spacial score (nSPS) is 22.7. The van der Waals surface area contributed by atoms with Crippen LogP contribution in [0.1, 0.15) is 6.92 Å². The molecular weight excluding hydrogens is 306 g/mol. The monoisotopic (exact) mass is 327 g/mol. The van der Waals surface area contributed by atoms with Gasteiger partial charge in [-0.05, 0) is 31.2 Å². The number of nitrogens with one attached hydrogen (secondary N) is 1. The second kappa shape index (κ2) is 6.61. The van der Waals surface area contributed by atoms with E-state index in [1.165, 1.54) is 0 Å². The van der Waals surface area contributed by atoms with Crippen molar-refractivity contribution in [1.82, 2.24) is 5.32 Å². The summed E-state index contributed by atoms with van der Waals surface area (Å²) in [5.74, 6) is 3.21. The highest BCUT2D eigenvalue weighted by Crippen LogP contribution is 2.32. The molecule has 4 rings (SSSR count). The second-order valence-corrected chi connectivity index (χ2v) is 6.11. The molecule has 0 saturated heterocycles. The van der Waals surface area contributed by atoms with Crippen molar-refractivity contribution >= 4 is 0 Å². The molecule has 126 valence electrons. The molecule has 2 aromatic carbocycles. The Labute approximate surface area is 141 Å². The first-order valence-corrected chi connectivity index (χ1v) is 8.30. The fraction of sp³-hybridized carbons (Fsp3) is 0.368. The maximum absolute atomic E-state index is 6.03. The highest BCUT2D eigenvalue weighted by molar-refractivity contribution is 5.41. The Morgan fingerprint density at radius 3 is 2.17 bits per heavy atom. The van der Waals surface area contributed by atoms with Crippen LogP contribution in [0.25, 0.3) is 0 Å². The summed E-state index contributed by atoms with van der Waals surface area (Å²) in [6, 6.07) is 15.6. The first-order valence-electron chi connectivity index (χ1n) is 8.30. The van der Waals surface area contributed by atoms with E-state index in [1.54, 1.807) is 0 Å². The van der Waals surface area contributed by atoms with Gasteiger partial charge >= 0.3 is 0 Å². The minimum absolute atomic E-state index is 0.0147. The summed E-state index contributed by atoms with van der Waals surface area (Å²) in [7, 11) is 0. The molecule has 5 heteroatoms. The van der Waals surface area contributed by atoms with Crippen LogP contribution in [0.15, 0.2) is 48.5 Å². The fourth-order valence-corrected chi connectivity index (χ4v) is 2.89. The van der Waals surface area contributed by atoms with Gasteiger partial charge in [0.15, 0.2) is 23.0 Å². The summed E-state index contributed by atoms with van der Waals surface area (Å²) < 4.78 is 23.5. The Morgan fingerprint density at radius 2 is 1.46 bits per heavy atom. The van der Waals surface area contributed by atoms with E-state index in [0.717, 1.165) is 23.0 Å². The standard InChI is InChI=1S/C19H21NO4/c1-13(19-12-22-16-7-3-5-9-18(16)24-19)20-10-14-11-21-15-6-2-4-8-17(15)23-14/h2-9,13-14,19-20H,10-12H2,1H3/t13-,14+,19+/m1/s1. The van der Waals surface area contributed by atoms with E-state index in [2.05, 4.69) is 12.2 Å². The maximum Gasteiger partial charge on any atom is 0.161 e. The molecule has 2 aliphatic rings. The van der Waals surface area contributed by atoms with Crippen molar-refractivity contribution < 1.29 is 18.9 Å². The zero-order valence-electron chi connectivity index (χ0n) is 13.6. The molecule has 1 N–H and O–H groups in total. The van der Waals surface area contributed by atoms with E-state index >= 15 is 0 Å². The van der Waals surface area contributed by atoms with Crippen molar-refractivity contribution in [2.75, 3.05) is 19.8 Å². The van der Waals surface area contributed by atoms with Gasteiger partial charge in [0.2, 0.25) is 0 Å². The molecule has 2 aromatic rings. The first kappa shape index (κ1) is 15.1. The van der Waals surface area contributed by atoms with Crippen molar-refractivity contribution in [2.24, 2.45) is 0 Å². The molecule has 0 amide bonds. The number of rotatable bonds is 4. The smallest absolute Gasteiger partial charge is 0.161 e. The number of ether oxygens (including phenoxy) is 4. The molecule has 0 aromatic heterocycles. The molecule has 0 aliphatic carbocycles. The van der Waals surface area contributed by atoms with Crippen LogP contribution in [0.5, 0.6) is 23.0 Å². The lowest BCUT2D eigenvalue weighted by molar-refractivity contribution is 0.0533. The Balaban J connectivity index is 1.31. The summed E-state index contributed by atoms with van der Waals surface area (Å²) in [5, 5.41) is 3.47. The van der Waals surface area contributed by atoms with Crippen LogP contribution in [0.2, 0.25) is 0 Å². The quantitative estimate of drug-likeness (QED) is 0.935.